The third-order valence-electron chi connectivity index (χ3n) is 1.85. The Morgan fingerprint density at radius 3 is 2.71 bits per heavy atom. The van der Waals surface area contributed by atoms with E-state index in [1.807, 2.05) is 0 Å². The summed E-state index contributed by atoms with van der Waals surface area (Å²) in [5.41, 5.74) is 1.51. The second kappa shape index (κ2) is 4.30. The molecule has 6 nitrogen and oxygen atoms in total. The van der Waals surface area contributed by atoms with Crippen molar-refractivity contribution in [1.29, 1.82) is 0 Å². The highest BCUT2D eigenvalue weighted by molar-refractivity contribution is 7.15. The first-order valence-corrected chi connectivity index (χ1v) is 5.19. The van der Waals surface area contributed by atoms with Crippen LogP contribution in [-0.4, -0.2) is 20.0 Å². The molecule has 0 unspecified atom stereocenters. The Balaban J connectivity index is 2.11. The van der Waals surface area contributed by atoms with Gasteiger partial charge >= 0.3 is 6.18 Å². The van der Waals surface area contributed by atoms with E-state index in [1.54, 1.807) is 0 Å². The molecule has 0 atom stereocenters. The first-order chi connectivity index (χ1) is 7.99. The molecule has 0 amide bonds. The molecule has 0 saturated carbocycles. The number of alkyl halides is 3. The number of nitrogens with two attached hydrogens (primary N) is 1. The van der Waals surface area contributed by atoms with Gasteiger partial charge in [0.2, 0.25) is 5.13 Å². The Hall–Kier alpha value is -1.68. The van der Waals surface area contributed by atoms with Gasteiger partial charge in [-0.3, -0.25) is 10.1 Å². The summed E-state index contributed by atoms with van der Waals surface area (Å²) in [6, 6.07) is 0. The van der Waals surface area contributed by atoms with E-state index in [0.717, 1.165) is 28.4 Å². The van der Waals surface area contributed by atoms with Gasteiger partial charge in [-0.25, -0.2) is 5.84 Å². The van der Waals surface area contributed by atoms with Crippen molar-refractivity contribution in [3.05, 3.63) is 23.0 Å². The molecule has 2 aromatic heterocycles. The molecular weight excluding hydrogens is 257 g/mol. The van der Waals surface area contributed by atoms with E-state index in [2.05, 4.69) is 20.7 Å². The number of anilines is 1. The highest BCUT2D eigenvalue weighted by Gasteiger charge is 2.32. The summed E-state index contributed by atoms with van der Waals surface area (Å²) in [6.45, 7) is 0.120. The lowest BCUT2D eigenvalue weighted by Gasteiger charge is -2.00. The number of aromatic nitrogens is 4. The number of nitrogen functional groups attached to an aromatic ring is 1. The maximum Gasteiger partial charge on any atom is 0.419 e. The topological polar surface area (TPSA) is 81.6 Å². The van der Waals surface area contributed by atoms with Gasteiger partial charge in [-0.05, 0) is 0 Å². The smallest absolute Gasteiger partial charge is 0.298 e. The zero-order valence-electron chi connectivity index (χ0n) is 8.27. The van der Waals surface area contributed by atoms with Crippen LogP contribution in [0.3, 0.4) is 0 Å². The van der Waals surface area contributed by atoms with Gasteiger partial charge in [0.15, 0.2) is 0 Å². The lowest BCUT2D eigenvalue weighted by molar-refractivity contribution is -0.137. The molecule has 0 bridgehead atoms. The standard InChI is InChI=1S/C7H7F3N6S/c8-7(9,10)4-1-12-16(2-4)3-5-14-15-6(13-11)17-5/h1-2H,3,11H2,(H,13,15). The zero-order chi connectivity index (χ0) is 12.5. The number of hydrazine groups is 1. The van der Waals surface area contributed by atoms with Crippen molar-refractivity contribution in [2.24, 2.45) is 5.84 Å². The summed E-state index contributed by atoms with van der Waals surface area (Å²) in [5.74, 6) is 5.10. The monoisotopic (exact) mass is 264 g/mol. The average Bonchev–Trinajstić information content (AvgIpc) is 2.86. The van der Waals surface area contributed by atoms with Crippen molar-refractivity contribution >= 4 is 16.5 Å². The molecule has 2 rings (SSSR count). The second-order valence-electron chi connectivity index (χ2n) is 3.07. The molecule has 3 N–H and O–H groups in total. The van der Waals surface area contributed by atoms with Crippen LogP contribution in [0.15, 0.2) is 12.4 Å². The van der Waals surface area contributed by atoms with Gasteiger partial charge < -0.3 is 0 Å². The molecule has 0 radical (unpaired) electrons. The van der Waals surface area contributed by atoms with Crippen molar-refractivity contribution < 1.29 is 13.2 Å². The third-order valence-corrected chi connectivity index (χ3v) is 2.69. The Morgan fingerprint density at radius 1 is 1.41 bits per heavy atom. The summed E-state index contributed by atoms with van der Waals surface area (Å²) in [5, 5.41) is 11.9. The number of nitrogens with one attached hydrogen (secondary N) is 1. The summed E-state index contributed by atoms with van der Waals surface area (Å²) in [7, 11) is 0. The van der Waals surface area contributed by atoms with Crippen LogP contribution in [0.1, 0.15) is 10.6 Å². The van der Waals surface area contributed by atoms with Gasteiger partial charge in [0.05, 0.1) is 18.3 Å². The minimum atomic E-state index is -4.39. The molecule has 0 spiro atoms. The third kappa shape index (κ3) is 2.71. The predicted octanol–water partition coefficient (Wildman–Crippen LogP) is 1.09. The fourth-order valence-electron chi connectivity index (χ4n) is 1.11. The van der Waals surface area contributed by atoms with Gasteiger partial charge in [0, 0.05) is 6.20 Å². The maximum atomic E-state index is 12.3. The molecular formula is C7H7F3N6S. The van der Waals surface area contributed by atoms with Crippen LogP contribution in [0.4, 0.5) is 18.3 Å². The van der Waals surface area contributed by atoms with E-state index in [-0.39, 0.29) is 6.54 Å². The lowest BCUT2D eigenvalue weighted by atomic mass is 10.4. The van der Waals surface area contributed by atoms with Crippen LogP contribution in [-0.2, 0) is 12.7 Å². The van der Waals surface area contributed by atoms with Crippen LogP contribution in [0, 0.1) is 0 Å². The van der Waals surface area contributed by atoms with Gasteiger partial charge in [-0.15, -0.1) is 10.2 Å². The molecule has 0 aliphatic rings. The average molecular weight is 264 g/mol. The Morgan fingerprint density at radius 2 is 2.18 bits per heavy atom. The molecule has 0 aromatic carbocycles. The minimum Gasteiger partial charge on any atom is -0.298 e. The zero-order valence-corrected chi connectivity index (χ0v) is 9.09. The van der Waals surface area contributed by atoms with Crippen LogP contribution >= 0.6 is 11.3 Å². The molecule has 2 aromatic rings. The van der Waals surface area contributed by atoms with Crippen LogP contribution < -0.4 is 11.3 Å². The van der Waals surface area contributed by atoms with Crippen molar-refractivity contribution in [2.45, 2.75) is 12.7 Å². The summed E-state index contributed by atoms with van der Waals surface area (Å²) in [4.78, 5) is 0. The van der Waals surface area contributed by atoms with E-state index in [9.17, 15) is 13.2 Å². The molecule has 92 valence electrons. The molecule has 0 fully saturated rings. The first-order valence-electron chi connectivity index (χ1n) is 4.37. The first kappa shape index (κ1) is 11.8. The van der Waals surface area contributed by atoms with E-state index in [1.165, 1.54) is 0 Å². The van der Waals surface area contributed by atoms with Crippen molar-refractivity contribution in [2.75, 3.05) is 5.43 Å². The SMILES string of the molecule is NNc1nnc(Cn2cc(C(F)(F)F)cn2)s1. The number of halogens is 3. The normalized spacial score (nSPS) is 11.8. The second-order valence-corrected chi connectivity index (χ2v) is 4.13. The molecule has 17 heavy (non-hydrogen) atoms. The minimum absolute atomic E-state index is 0.120. The Bertz CT molecular complexity index is 504. The maximum absolute atomic E-state index is 12.3. The lowest BCUT2D eigenvalue weighted by Crippen LogP contribution is -2.05. The van der Waals surface area contributed by atoms with E-state index in [0.29, 0.717) is 10.1 Å². The highest BCUT2D eigenvalue weighted by Crippen LogP contribution is 2.28. The number of hydrogen-bond acceptors (Lipinski definition) is 6. The number of hydrogen-bond donors (Lipinski definition) is 2. The number of nitrogens with zero attached hydrogens (tertiary/aromatic N) is 4. The predicted molar refractivity (Wildman–Crippen MR) is 54.1 cm³/mol. The van der Waals surface area contributed by atoms with Crippen LogP contribution in [0.25, 0.3) is 0 Å². The largest absolute Gasteiger partial charge is 0.419 e. The van der Waals surface area contributed by atoms with Gasteiger partial charge in [-0.2, -0.15) is 18.3 Å². The molecule has 10 heteroatoms. The van der Waals surface area contributed by atoms with Crippen LogP contribution in [0.5, 0.6) is 0 Å². The van der Waals surface area contributed by atoms with Crippen LogP contribution in [0.2, 0.25) is 0 Å². The number of rotatable bonds is 3. The fraction of sp³-hybridized carbons (Fsp3) is 0.286. The molecule has 0 aliphatic carbocycles. The van der Waals surface area contributed by atoms with Crippen molar-refractivity contribution in [1.82, 2.24) is 20.0 Å². The Kier molecular flexibility index (Phi) is 2.98. The summed E-state index contributed by atoms with van der Waals surface area (Å²) >= 11 is 1.14. The van der Waals surface area contributed by atoms with Crippen molar-refractivity contribution in [3.8, 4) is 0 Å². The summed E-state index contributed by atoms with van der Waals surface area (Å²) < 4.78 is 38.0. The van der Waals surface area contributed by atoms with Gasteiger partial charge in [-0.1, -0.05) is 11.3 Å². The van der Waals surface area contributed by atoms with Crippen molar-refractivity contribution in [3.63, 3.8) is 0 Å². The fourth-order valence-corrected chi connectivity index (χ4v) is 1.75. The molecule has 2 heterocycles. The van der Waals surface area contributed by atoms with E-state index in [4.69, 9.17) is 5.84 Å². The molecule has 0 saturated heterocycles. The Labute approximate surface area is 97.2 Å². The quantitative estimate of drug-likeness (QED) is 0.640. The van der Waals surface area contributed by atoms with E-state index < -0.39 is 11.7 Å². The highest BCUT2D eigenvalue weighted by atomic mass is 32.1. The van der Waals surface area contributed by atoms with Gasteiger partial charge in [0.1, 0.15) is 5.01 Å². The van der Waals surface area contributed by atoms with E-state index >= 15 is 0 Å². The van der Waals surface area contributed by atoms with Gasteiger partial charge in [0.25, 0.3) is 0 Å². The molecule has 0 aliphatic heterocycles. The summed E-state index contributed by atoms with van der Waals surface area (Å²) in [6.07, 6.45) is -2.70.